The Hall–Kier alpha value is -3.33. The monoisotopic (exact) mass is 427 g/mol. The van der Waals surface area contributed by atoms with Gasteiger partial charge in [-0.2, -0.15) is 5.10 Å². The van der Waals surface area contributed by atoms with Gasteiger partial charge in [-0.25, -0.2) is 18.3 Å². The van der Waals surface area contributed by atoms with E-state index in [2.05, 4.69) is 15.4 Å². The normalized spacial score (nSPS) is 16.2. The second kappa shape index (κ2) is 8.81. The molecule has 162 valence electrons. The number of nitrogens with zero attached hydrogens (tertiary/aromatic N) is 4. The number of aromatic nitrogens is 3. The van der Waals surface area contributed by atoms with Gasteiger partial charge < -0.3 is 15.3 Å². The number of halogens is 2. The Balaban J connectivity index is 1.60. The van der Waals surface area contributed by atoms with E-state index in [0.717, 1.165) is 11.1 Å². The largest absolute Gasteiger partial charge is 0.478 e. The third-order valence-corrected chi connectivity index (χ3v) is 5.44. The molecule has 0 aliphatic carbocycles. The van der Waals surface area contributed by atoms with Crippen LogP contribution in [-0.4, -0.2) is 56.3 Å². The van der Waals surface area contributed by atoms with Gasteiger partial charge in [0.05, 0.1) is 30.2 Å². The zero-order valence-electron chi connectivity index (χ0n) is 16.8. The lowest BCUT2D eigenvalue weighted by Gasteiger charge is -2.31. The van der Waals surface area contributed by atoms with Gasteiger partial charge >= 0.3 is 5.97 Å². The van der Waals surface area contributed by atoms with E-state index in [-0.39, 0.29) is 18.4 Å². The SMILES string of the molecule is O=C(O)c1ccncc1Nc1c(-c2ccccc2)cnn1CCN1CCC(F)(F)CC1. The molecule has 0 saturated carbocycles. The van der Waals surface area contributed by atoms with Gasteiger partial charge in [0.1, 0.15) is 5.82 Å². The summed E-state index contributed by atoms with van der Waals surface area (Å²) in [5, 5.41) is 17.2. The minimum absolute atomic E-state index is 0.0972. The molecule has 0 atom stereocenters. The molecule has 0 bridgehead atoms. The number of nitrogens with one attached hydrogen (secondary N) is 1. The fourth-order valence-electron chi connectivity index (χ4n) is 3.66. The van der Waals surface area contributed by atoms with Crippen LogP contribution in [0.15, 0.2) is 55.0 Å². The highest BCUT2D eigenvalue weighted by molar-refractivity contribution is 5.95. The first-order chi connectivity index (χ1) is 14.9. The lowest BCUT2D eigenvalue weighted by molar-refractivity contribution is -0.0555. The second-order valence-electron chi connectivity index (χ2n) is 7.55. The second-order valence-corrected chi connectivity index (χ2v) is 7.55. The predicted octanol–water partition coefficient (Wildman–Crippen LogP) is 4.12. The summed E-state index contributed by atoms with van der Waals surface area (Å²) in [5.74, 6) is -3.02. The van der Waals surface area contributed by atoms with Crippen LogP contribution in [0.25, 0.3) is 11.1 Å². The Morgan fingerprint density at radius 1 is 1.10 bits per heavy atom. The molecule has 1 saturated heterocycles. The highest BCUT2D eigenvalue weighted by Gasteiger charge is 2.33. The first kappa shape index (κ1) is 20.9. The van der Waals surface area contributed by atoms with Crippen LogP contribution in [0.5, 0.6) is 0 Å². The lowest BCUT2D eigenvalue weighted by atomic mass is 10.1. The van der Waals surface area contributed by atoms with Gasteiger partial charge in [0.2, 0.25) is 0 Å². The van der Waals surface area contributed by atoms with Crippen molar-refractivity contribution in [2.45, 2.75) is 25.3 Å². The Labute approximate surface area is 178 Å². The summed E-state index contributed by atoms with van der Waals surface area (Å²) in [6, 6.07) is 11.1. The molecule has 0 spiro atoms. The van der Waals surface area contributed by atoms with Gasteiger partial charge in [0, 0.05) is 44.2 Å². The van der Waals surface area contributed by atoms with Crippen LogP contribution in [0.2, 0.25) is 0 Å². The quantitative estimate of drug-likeness (QED) is 0.590. The first-order valence-electron chi connectivity index (χ1n) is 10.1. The van der Waals surface area contributed by atoms with E-state index in [4.69, 9.17) is 0 Å². The molecule has 1 aromatic carbocycles. The van der Waals surface area contributed by atoms with E-state index < -0.39 is 11.9 Å². The molecule has 1 aliphatic heterocycles. The molecule has 9 heteroatoms. The van der Waals surface area contributed by atoms with Gasteiger partial charge in [-0.15, -0.1) is 0 Å². The van der Waals surface area contributed by atoms with Gasteiger partial charge in [0.25, 0.3) is 5.92 Å². The molecular weight excluding hydrogens is 404 g/mol. The molecule has 2 aromatic heterocycles. The number of anilines is 2. The number of carboxylic acids is 1. The van der Waals surface area contributed by atoms with Crippen LogP contribution in [0, 0.1) is 0 Å². The van der Waals surface area contributed by atoms with E-state index in [9.17, 15) is 18.7 Å². The average Bonchev–Trinajstić information content (AvgIpc) is 3.16. The number of carbonyl (C=O) groups is 1. The molecule has 31 heavy (non-hydrogen) atoms. The maximum atomic E-state index is 13.4. The number of benzene rings is 1. The van der Waals surface area contributed by atoms with Crippen LogP contribution >= 0.6 is 0 Å². The van der Waals surface area contributed by atoms with E-state index in [1.54, 1.807) is 10.9 Å². The molecule has 3 aromatic rings. The van der Waals surface area contributed by atoms with E-state index in [1.807, 2.05) is 35.2 Å². The number of aromatic carboxylic acids is 1. The third-order valence-electron chi connectivity index (χ3n) is 5.44. The van der Waals surface area contributed by atoms with E-state index in [0.29, 0.717) is 37.7 Å². The zero-order chi connectivity index (χ0) is 21.8. The number of hydrogen-bond donors (Lipinski definition) is 2. The van der Waals surface area contributed by atoms with Crippen molar-refractivity contribution in [2.75, 3.05) is 25.0 Å². The molecule has 7 nitrogen and oxygen atoms in total. The molecule has 2 N–H and O–H groups in total. The number of hydrogen-bond acceptors (Lipinski definition) is 5. The number of alkyl halides is 2. The van der Waals surface area contributed by atoms with Crippen LogP contribution in [0.1, 0.15) is 23.2 Å². The number of pyridine rings is 1. The minimum atomic E-state index is -2.58. The van der Waals surface area contributed by atoms with Crippen molar-refractivity contribution >= 4 is 17.5 Å². The molecule has 0 amide bonds. The van der Waals surface area contributed by atoms with Crippen LogP contribution in [0.4, 0.5) is 20.3 Å². The van der Waals surface area contributed by atoms with Crippen LogP contribution < -0.4 is 5.32 Å². The highest BCUT2D eigenvalue weighted by Crippen LogP contribution is 2.32. The lowest BCUT2D eigenvalue weighted by Crippen LogP contribution is -2.40. The third kappa shape index (κ3) is 4.88. The summed E-state index contributed by atoms with van der Waals surface area (Å²) in [7, 11) is 0. The van der Waals surface area contributed by atoms with Gasteiger partial charge in [-0.1, -0.05) is 30.3 Å². The Morgan fingerprint density at radius 2 is 1.84 bits per heavy atom. The Morgan fingerprint density at radius 3 is 2.55 bits per heavy atom. The fourth-order valence-corrected chi connectivity index (χ4v) is 3.66. The van der Waals surface area contributed by atoms with E-state index >= 15 is 0 Å². The van der Waals surface area contributed by atoms with Crippen molar-refractivity contribution in [1.82, 2.24) is 19.7 Å². The predicted molar refractivity (Wildman–Crippen MR) is 113 cm³/mol. The molecule has 4 rings (SSSR count). The standard InChI is InChI=1S/C22H23F2N5O2/c23-22(24)7-10-28(11-8-22)12-13-29-20(18(14-26-29)16-4-2-1-3-5-16)27-19-15-25-9-6-17(19)21(30)31/h1-6,9,14-15,27H,7-8,10-13H2,(H,30,31). The summed E-state index contributed by atoms with van der Waals surface area (Å²) in [4.78, 5) is 17.7. The van der Waals surface area contributed by atoms with E-state index in [1.165, 1.54) is 18.5 Å². The van der Waals surface area contributed by atoms with Gasteiger partial charge in [-0.05, 0) is 11.6 Å². The smallest absolute Gasteiger partial charge is 0.337 e. The zero-order valence-corrected chi connectivity index (χ0v) is 16.8. The Kier molecular flexibility index (Phi) is 5.94. The summed E-state index contributed by atoms with van der Waals surface area (Å²) in [6.07, 6.45) is 4.34. The molecule has 0 unspecified atom stereocenters. The molecule has 0 radical (unpaired) electrons. The maximum absolute atomic E-state index is 13.4. The summed E-state index contributed by atoms with van der Waals surface area (Å²) in [5.41, 5.74) is 2.19. The average molecular weight is 427 g/mol. The summed E-state index contributed by atoms with van der Waals surface area (Å²) in [6.45, 7) is 1.73. The van der Waals surface area contributed by atoms with Crippen molar-refractivity contribution in [3.05, 3.63) is 60.6 Å². The minimum Gasteiger partial charge on any atom is -0.478 e. The molecule has 3 heterocycles. The number of carboxylic acid groups (broad SMARTS) is 1. The molecule has 1 aliphatic rings. The van der Waals surface area contributed by atoms with Gasteiger partial charge in [0.15, 0.2) is 0 Å². The fraction of sp³-hybridized carbons (Fsp3) is 0.318. The highest BCUT2D eigenvalue weighted by atomic mass is 19.3. The van der Waals surface area contributed by atoms with Gasteiger partial charge in [-0.3, -0.25) is 4.98 Å². The maximum Gasteiger partial charge on any atom is 0.337 e. The van der Waals surface area contributed by atoms with Crippen molar-refractivity contribution < 1.29 is 18.7 Å². The number of piperidine rings is 1. The topological polar surface area (TPSA) is 83.3 Å². The summed E-state index contributed by atoms with van der Waals surface area (Å²) >= 11 is 0. The van der Waals surface area contributed by atoms with Crippen molar-refractivity contribution in [2.24, 2.45) is 0 Å². The Bertz CT molecular complexity index is 1050. The number of rotatable bonds is 7. The molecule has 1 fully saturated rings. The van der Waals surface area contributed by atoms with Crippen molar-refractivity contribution in [1.29, 1.82) is 0 Å². The molecular formula is C22H23F2N5O2. The van der Waals surface area contributed by atoms with Crippen molar-refractivity contribution in [3.63, 3.8) is 0 Å². The number of likely N-dealkylation sites (tertiary alicyclic amines) is 1. The van der Waals surface area contributed by atoms with Crippen LogP contribution in [-0.2, 0) is 6.54 Å². The van der Waals surface area contributed by atoms with Crippen LogP contribution in [0.3, 0.4) is 0 Å². The first-order valence-corrected chi connectivity index (χ1v) is 10.1. The van der Waals surface area contributed by atoms with Crippen molar-refractivity contribution in [3.8, 4) is 11.1 Å². The summed E-state index contributed by atoms with van der Waals surface area (Å²) < 4.78 is 28.6.